The molecule has 6 heteroatoms. The summed E-state index contributed by atoms with van der Waals surface area (Å²) in [6.07, 6.45) is 5.02. The van der Waals surface area contributed by atoms with E-state index in [0.29, 0.717) is 5.88 Å². The first-order valence-corrected chi connectivity index (χ1v) is 7.08. The third kappa shape index (κ3) is 2.40. The molecular formula is C13H16N4OS. The standard InChI is InChI=1S/C13H16N4OS/c1-17(7-9-6-12(18-2)16-19-9)13-10-4-3-5-11(10)14-8-15-13/h6,8H,3-5,7H2,1-2H3. The van der Waals surface area contributed by atoms with E-state index in [9.17, 15) is 0 Å². The van der Waals surface area contributed by atoms with E-state index < -0.39 is 0 Å². The van der Waals surface area contributed by atoms with Crippen LogP contribution >= 0.6 is 11.5 Å². The second-order valence-electron chi connectivity index (χ2n) is 4.67. The van der Waals surface area contributed by atoms with Crippen LogP contribution in [0.5, 0.6) is 5.88 Å². The Kier molecular flexibility index (Phi) is 3.33. The molecule has 5 nitrogen and oxygen atoms in total. The molecule has 0 fully saturated rings. The molecule has 2 aromatic rings. The first-order chi connectivity index (χ1) is 9.28. The average molecular weight is 276 g/mol. The van der Waals surface area contributed by atoms with E-state index in [1.165, 1.54) is 34.1 Å². The van der Waals surface area contributed by atoms with E-state index in [2.05, 4.69) is 26.3 Å². The Morgan fingerprint density at radius 1 is 1.37 bits per heavy atom. The highest BCUT2D eigenvalue weighted by atomic mass is 32.1. The molecule has 100 valence electrons. The molecule has 19 heavy (non-hydrogen) atoms. The van der Waals surface area contributed by atoms with Gasteiger partial charge in [0.15, 0.2) is 0 Å². The number of hydrogen-bond acceptors (Lipinski definition) is 6. The number of aromatic nitrogens is 3. The Hall–Kier alpha value is -1.69. The van der Waals surface area contributed by atoms with Gasteiger partial charge in [-0.05, 0) is 30.8 Å². The second kappa shape index (κ2) is 5.13. The van der Waals surface area contributed by atoms with Gasteiger partial charge in [-0.3, -0.25) is 0 Å². The summed E-state index contributed by atoms with van der Waals surface area (Å²) in [6.45, 7) is 0.796. The first kappa shape index (κ1) is 12.3. The summed E-state index contributed by atoms with van der Waals surface area (Å²) in [5.41, 5.74) is 2.51. The summed E-state index contributed by atoms with van der Waals surface area (Å²) < 4.78 is 9.33. The quantitative estimate of drug-likeness (QED) is 0.855. The molecule has 0 N–H and O–H groups in total. The van der Waals surface area contributed by atoms with Crippen molar-refractivity contribution in [1.29, 1.82) is 0 Å². The SMILES string of the molecule is COc1cc(CN(C)c2ncnc3c2CCC3)sn1. The van der Waals surface area contributed by atoms with Crippen molar-refractivity contribution < 1.29 is 4.74 Å². The lowest BCUT2D eigenvalue weighted by Crippen LogP contribution is -2.19. The van der Waals surface area contributed by atoms with Crippen LogP contribution in [0.4, 0.5) is 5.82 Å². The van der Waals surface area contributed by atoms with Crippen LogP contribution in [0, 0.1) is 0 Å². The van der Waals surface area contributed by atoms with Crippen molar-refractivity contribution in [2.45, 2.75) is 25.8 Å². The lowest BCUT2D eigenvalue weighted by Gasteiger charge is -2.19. The Labute approximate surface area is 116 Å². The minimum Gasteiger partial charge on any atom is -0.480 e. The molecule has 2 heterocycles. The summed E-state index contributed by atoms with van der Waals surface area (Å²) in [5.74, 6) is 1.73. The first-order valence-electron chi connectivity index (χ1n) is 6.31. The minimum atomic E-state index is 0.682. The van der Waals surface area contributed by atoms with Gasteiger partial charge in [-0.1, -0.05) is 0 Å². The molecule has 0 bridgehead atoms. The lowest BCUT2D eigenvalue weighted by atomic mass is 10.2. The predicted molar refractivity (Wildman–Crippen MR) is 74.8 cm³/mol. The molecule has 2 aromatic heterocycles. The van der Waals surface area contributed by atoms with Crippen LogP contribution in [0.3, 0.4) is 0 Å². The molecule has 3 rings (SSSR count). The van der Waals surface area contributed by atoms with Gasteiger partial charge in [-0.25, -0.2) is 9.97 Å². The normalized spacial score (nSPS) is 13.4. The van der Waals surface area contributed by atoms with Crippen molar-refractivity contribution in [1.82, 2.24) is 14.3 Å². The molecule has 0 spiro atoms. The fourth-order valence-corrected chi connectivity index (χ4v) is 3.18. The van der Waals surface area contributed by atoms with Gasteiger partial charge in [0.25, 0.3) is 0 Å². The fourth-order valence-electron chi connectivity index (χ4n) is 2.44. The van der Waals surface area contributed by atoms with Crippen LogP contribution in [0.15, 0.2) is 12.4 Å². The molecule has 0 aromatic carbocycles. The summed E-state index contributed by atoms with van der Waals surface area (Å²) in [4.78, 5) is 12.1. The van der Waals surface area contributed by atoms with E-state index in [-0.39, 0.29) is 0 Å². The van der Waals surface area contributed by atoms with Crippen LogP contribution in [0.25, 0.3) is 0 Å². The highest BCUT2D eigenvalue weighted by Crippen LogP contribution is 2.28. The second-order valence-corrected chi connectivity index (χ2v) is 5.56. The van der Waals surface area contributed by atoms with Crippen molar-refractivity contribution in [2.24, 2.45) is 0 Å². The van der Waals surface area contributed by atoms with Crippen molar-refractivity contribution >= 4 is 17.4 Å². The van der Waals surface area contributed by atoms with Crippen molar-refractivity contribution in [3.05, 3.63) is 28.5 Å². The molecule has 0 amide bonds. The number of hydrogen-bond donors (Lipinski definition) is 0. The smallest absolute Gasteiger partial charge is 0.225 e. The maximum atomic E-state index is 5.11. The molecule has 0 saturated heterocycles. The third-order valence-corrected chi connectivity index (χ3v) is 4.11. The van der Waals surface area contributed by atoms with Crippen LogP contribution in [-0.4, -0.2) is 28.5 Å². The van der Waals surface area contributed by atoms with E-state index in [1.54, 1.807) is 13.4 Å². The Morgan fingerprint density at radius 2 is 2.26 bits per heavy atom. The summed E-state index contributed by atoms with van der Waals surface area (Å²) in [7, 11) is 3.70. The number of anilines is 1. The maximum Gasteiger partial charge on any atom is 0.225 e. The highest BCUT2D eigenvalue weighted by molar-refractivity contribution is 7.05. The number of nitrogens with zero attached hydrogens (tertiary/aromatic N) is 4. The zero-order chi connectivity index (χ0) is 13.2. The Bertz CT molecular complexity index is 584. The van der Waals surface area contributed by atoms with Crippen LogP contribution in [0.1, 0.15) is 22.6 Å². The minimum absolute atomic E-state index is 0.682. The zero-order valence-electron chi connectivity index (χ0n) is 11.1. The van der Waals surface area contributed by atoms with Gasteiger partial charge in [0.1, 0.15) is 12.1 Å². The lowest BCUT2D eigenvalue weighted by molar-refractivity contribution is 0.402. The summed E-state index contributed by atoms with van der Waals surface area (Å²) in [5, 5.41) is 0. The molecule has 0 atom stereocenters. The zero-order valence-corrected chi connectivity index (χ0v) is 11.9. The number of methoxy groups -OCH3 is 1. The van der Waals surface area contributed by atoms with Crippen molar-refractivity contribution in [3.8, 4) is 5.88 Å². The van der Waals surface area contributed by atoms with Gasteiger partial charge in [0.05, 0.1) is 13.7 Å². The Balaban J connectivity index is 1.80. The molecular weight excluding hydrogens is 260 g/mol. The highest BCUT2D eigenvalue weighted by Gasteiger charge is 2.19. The fraction of sp³-hybridized carbons (Fsp3) is 0.462. The largest absolute Gasteiger partial charge is 0.480 e. The summed E-state index contributed by atoms with van der Waals surface area (Å²) in [6, 6.07) is 1.97. The molecule has 1 aliphatic carbocycles. The van der Waals surface area contributed by atoms with E-state index >= 15 is 0 Å². The average Bonchev–Trinajstić information content (AvgIpc) is 3.05. The van der Waals surface area contributed by atoms with Crippen molar-refractivity contribution in [3.63, 3.8) is 0 Å². The Morgan fingerprint density at radius 3 is 3.05 bits per heavy atom. The molecule has 0 aliphatic heterocycles. The van der Waals surface area contributed by atoms with Gasteiger partial charge < -0.3 is 9.64 Å². The molecule has 0 saturated carbocycles. The van der Waals surface area contributed by atoms with Gasteiger partial charge in [-0.2, -0.15) is 4.37 Å². The van der Waals surface area contributed by atoms with E-state index in [1.807, 2.05) is 6.07 Å². The molecule has 0 radical (unpaired) electrons. The van der Waals surface area contributed by atoms with E-state index in [0.717, 1.165) is 25.2 Å². The molecule has 1 aliphatic rings. The molecule has 0 unspecified atom stereocenters. The monoisotopic (exact) mass is 276 g/mol. The van der Waals surface area contributed by atoms with Crippen LogP contribution in [0.2, 0.25) is 0 Å². The van der Waals surface area contributed by atoms with Gasteiger partial charge in [-0.15, -0.1) is 0 Å². The predicted octanol–water partition coefficient (Wildman–Crippen LogP) is 2.07. The van der Waals surface area contributed by atoms with Gasteiger partial charge in [0, 0.05) is 29.2 Å². The van der Waals surface area contributed by atoms with Crippen LogP contribution < -0.4 is 9.64 Å². The number of ether oxygens (including phenoxy) is 1. The third-order valence-electron chi connectivity index (χ3n) is 3.35. The topological polar surface area (TPSA) is 51.1 Å². The number of fused-ring (bicyclic) bond motifs is 1. The van der Waals surface area contributed by atoms with Gasteiger partial charge >= 0.3 is 0 Å². The van der Waals surface area contributed by atoms with Crippen LogP contribution in [-0.2, 0) is 19.4 Å². The van der Waals surface area contributed by atoms with Gasteiger partial charge in [0.2, 0.25) is 5.88 Å². The number of rotatable bonds is 4. The van der Waals surface area contributed by atoms with Crippen molar-refractivity contribution in [2.75, 3.05) is 19.1 Å². The summed E-state index contributed by atoms with van der Waals surface area (Å²) >= 11 is 1.47. The van der Waals surface area contributed by atoms with E-state index in [4.69, 9.17) is 4.74 Å². The maximum absolute atomic E-state index is 5.11. The number of aryl methyl sites for hydroxylation is 1.